The average Bonchev–Trinajstić information content (AvgIpc) is 2.83. The van der Waals surface area contributed by atoms with E-state index in [1.54, 1.807) is 58.8 Å². The molecule has 3 aromatic rings. The van der Waals surface area contributed by atoms with Crippen molar-refractivity contribution in [3.8, 4) is 0 Å². The molecule has 0 bridgehead atoms. The predicted octanol–water partition coefficient (Wildman–Crippen LogP) is 9.12. The topological polar surface area (TPSA) is 17.1 Å². The lowest BCUT2D eigenvalue weighted by atomic mass is 10.1. The molecule has 1 nitrogen and oxygen atoms in total. The summed E-state index contributed by atoms with van der Waals surface area (Å²) in [5, 5.41) is 2.51. The number of carbonyl (C=O) groups excluding carboxylic acids is 1. The highest BCUT2D eigenvalue weighted by Gasteiger charge is 2.23. The van der Waals surface area contributed by atoms with Gasteiger partial charge in [0.25, 0.3) is 0 Å². The van der Waals surface area contributed by atoms with Gasteiger partial charge < -0.3 is 0 Å². The van der Waals surface area contributed by atoms with Gasteiger partial charge in [-0.25, -0.2) is 0 Å². The van der Waals surface area contributed by atoms with E-state index >= 15 is 0 Å². The van der Waals surface area contributed by atoms with Gasteiger partial charge in [0.2, 0.25) is 5.12 Å². The van der Waals surface area contributed by atoms with E-state index in [9.17, 15) is 4.79 Å². The molecule has 32 heavy (non-hydrogen) atoms. The van der Waals surface area contributed by atoms with Crippen LogP contribution in [0, 0.1) is 6.92 Å². The van der Waals surface area contributed by atoms with E-state index in [2.05, 4.69) is 63.0 Å². The molecule has 0 unspecified atom stereocenters. The lowest BCUT2D eigenvalue weighted by Crippen LogP contribution is -1.97. The molecule has 0 aliphatic carbocycles. The van der Waals surface area contributed by atoms with Gasteiger partial charge in [-0.3, -0.25) is 4.79 Å². The summed E-state index contributed by atoms with van der Waals surface area (Å²) in [6.45, 7) is 7.54. The van der Waals surface area contributed by atoms with Crippen LogP contribution in [0.4, 0.5) is 0 Å². The van der Waals surface area contributed by atoms with Gasteiger partial charge >= 0.3 is 0 Å². The van der Waals surface area contributed by atoms with Gasteiger partial charge in [-0.05, 0) is 72.4 Å². The van der Waals surface area contributed by atoms with Crippen LogP contribution in [0.15, 0.2) is 84.5 Å². The van der Waals surface area contributed by atoms with Crippen molar-refractivity contribution in [1.82, 2.24) is 0 Å². The van der Waals surface area contributed by atoms with E-state index < -0.39 is 0 Å². The fraction of sp³-hybridized carbons (Fsp3) is 0.200. The molecular formula is C25H27OS6. The van der Waals surface area contributed by atoms with Crippen molar-refractivity contribution in [2.75, 3.05) is 31.3 Å². The molecule has 0 aliphatic rings. The summed E-state index contributed by atoms with van der Waals surface area (Å²) >= 11 is 10.0. The quantitative estimate of drug-likeness (QED) is 0.219. The van der Waals surface area contributed by atoms with Gasteiger partial charge in [0.05, 0.1) is 0 Å². The molecule has 0 aliphatic heterocycles. The molecule has 7 heteroatoms. The molecule has 1 radical (unpaired) electrons. The third kappa shape index (κ3) is 6.51. The smallest absolute Gasteiger partial charge is 0.216 e. The van der Waals surface area contributed by atoms with Gasteiger partial charge in [-0.1, -0.05) is 49.0 Å². The van der Waals surface area contributed by atoms with Crippen LogP contribution in [-0.4, -0.2) is 36.4 Å². The van der Waals surface area contributed by atoms with Crippen LogP contribution in [0.25, 0.3) is 10.8 Å². The molecule has 0 spiro atoms. The van der Waals surface area contributed by atoms with E-state index in [1.807, 2.05) is 24.3 Å². The number of hydrogen-bond donors (Lipinski definition) is 0. The Labute approximate surface area is 218 Å². The van der Waals surface area contributed by atoms with Crippen LogP contribution in [-0.2, 0) is 4.79 Å². The van der Waals surface area contributed by atoms with Crippen molar-refractivity contribution in [1.29, 1.82) is 0 Å². The van der Waals surface area contributed by atoms with Crippen molar-refractivity contribution in [3.05, 3.63) is 67.6 Å². The molecule has 0 aromatic heterocycles. The van der Waals surface area contributed by atoms with Gasteiger partial charge in [-0.15, -0.1) is 58.8 Å². The number of benzene rings is 3. The maximum Gasteiger partial charge on any atom is 0.216 e. The Kier molecular flexibility index (Phi) is 12.1. The molecule has 0 saturated carbocycles. The van der Waals surface area contributed by atoms with Crippen LogP contribution < -0.4 is 0 Å². The Hall–Kier alpha value is -0.570. The van der Waals surface area contributed by atoms with E-state index in [4.69, 9.17) is 0 Å². The molecular weight excluding hydrogens is 509 g/mol. The summed E-state index contributed by atoms with van der Waals surface area (Å²) in [6.07, 6.45) is 11.8. The van der Waals surface area contributed by atoms with E-state index in [0.717, 1.165) is 10.5 Å². The van der Waals surface area contributed by atoms with Crippen molar-refractivity contribution in [2.24, 2.45) is 0 Å². The van der Waals surface area contributed by atoms with Crippen molar-refractivity contribution in [3.63, 3.8) is 0 Å². The maximum atomic E-state index is 11.9. The van der Waals surface area contributed by atoms with Gasteiger partial charge in [0.15, 0.2) is 0 Å². The third-order valence-electron chi connectivity index (χ3n) is 4.51. The Morgan fingerprint density at radius 1 is 0.688 bits per heavy atom. The Morgan fingerprint density at radius 2 is 1.12 bits per heavy atom. The minimum atomic E-state index is -0.00314. The number of hydrogen-bond acceptors (Lipinski definition) is 7. The standard InChI is InChI=1S/C14H18OS6.C11H9/c1-7-8(15)21-14-12(19-5)10(17-3)9(16-2)11(18-4)13(14)20-6;1-9-5-4-7-10-6-2-3-8-11(9)10/h7H,1H2,2-6H3;2-8H,1H2. The lowest BCUT2D eigenvalue weighted by molar-refractivity contribution is -0.107. The molecule has 0 fully saturated rings. The van der Waals surface area contributed by atoms with Crippen molar-refractivity contribution in [2.45, 2.75) is 29.4 Å². The SMILES string of the molecule is C=CC(=O)Sc1c(SC)c(SC)c(SC)c(SC)c1SC.[CH2]c1cccc2ccccc12. The third-order valence-corrected chi connectivity index (χ3v) is 10.3. The number of rotatable bonds is 7. The largest absolute Gasteiger partial charge is 0.282 e. The first-order valence-electron chi connectivity index (χ1n) is 9.55. The summed E-state index contributed by atoms with van der Waals surface area (Å²) in [5.74, 6) is 0. The fourth-order valence-electron chi connectivity index (χ4n) is 3.07. The molecule has 3 aromatic carbocycles. The normalized spacial score (nSPS) is 10.6. The summed E-state index contributed by atoms with van der Waals surface area (Å²) < 4.78 is 0. The highest BCUT2D eigenvalue weighted by atomic mass is 32.2. The van der Waals surface area contributed by atoms with Crippen LogP contribution in [0.2, 0.25) is 0 Å². The van der Waals surface area contributed by atoms with Crippen LogP contribution in [0.3, 0.4) is 0 Å². The summed E-state index contributed by atoms with van der Waals surface area (Å²) in [6, 6.07) is 14.4. The second-order valence-electron chi connectivity index (χ2n) is 6.26. The Balaban J connectivity index is 0.000000273. The first kappa shape index (κ1) is 27.7. The molecule has 0 N–H and O–H groups in total. The Bertz CT molecular complexity index is 1050. The molecule has 169 valence electrons. The fourth-order valence-corrected chi connectivity index (χ4v) is 9.76. The average molecular weight is 536 g/mol. The van der Waals surface area contributed by atoms with E-state index in [-0.39, 0.29) is 5.12 Å². The van der Waals surface area contributed by atoms with Gasteiger partial charge in [-0.2, -0.15) is 0 Å². The number of fused-ring (bicyclic) bond motifs is 1. The van der Waals surface area contributed by atoms with E-state index in [1.165, 1.54) is 53.1 Å². The highest BCUT2D eigenvalue weighted by Crippen LogP contribution is 2.52. The second-order valence-corrected chi connectivity index (χ2v) is 11.4. The minimum absolute atomic E-state index is 0.00314. The van der Waals surface area contributed by atoms with Crippen molar-refractivity contribution < 1.29 is 4.79 Å². The monoisotopic (exact) mass is 535 g/mol. The zero-order valence-electron chi connectivity index (χ0n) is 18.9. The van der Waals surface area contributed by atoms with Crippen LogP contribution in [0.5, 0.6) is 0 Å². The molecule has 0 heterocycles. The lowest BCUT2D eigenvalue weighted by Gasteiger charge is -2.21. The molecule has 0 amide bonds. The molecule has 0 saturated heterocycles. The summed E-state index contributed by atoms with van der Waals surface area (Å²) in [4.78, 5) is 19.2. The van der Waals surface area contributed by atoms with Gasteiger partial charge in [0, 0.05) is 29.4 Å². The first-order chi connectivity index (χ1) is 15.5. The first-order valence-corrected chi connectivity index (χ1v) is 16.5. The van der Waals surface area contributed by atoms with Crippen LogP contribution >= 0.6 is 70.6 Å². The van der Waals surface area contributed by atoms with Gasteiger partial charge in [0.1, 0.15) is 0 Å². The van der Waals surface area contributed by atoms with Crippen molar-refractivity contribution >= 4 is 86.5 Å². The maximum absolute atomic E-state index is 11.9. The summed E-state index contributed by atoms with van der Waals surface area (Å²) in [7, 11) is 0. The zero-order chi connectivity index (χ0) is 23.7. The number of thioether (sulfide) groups is 6. The highest BCUT2D eigenvalue weighted by molar-refractivity contribution is 8.15. The zero-order valence-corrected chi connectivity index (χ0v) is 23.8. The van der Waals surface area contributed by atoms with E-state index in [0.29, 0.717) is 0 Å². The van der Waals surface area contributed by atoms with Crippen LogP contribution in [0.1, 0.15) is 5.56 Å². The minimum Gasteiger partial charge on any atom is -0.282 e. The molecule has 3 rings (SSSR count). The summed E-state index contributed by atoms with van der Waals surface area (Å²) in [5.41, 5.74) is 1.10. The Morgan fingerprint density at radius 3 is 1.56 bits per heavy atom. The second kappa shape index (κ2) is 14.0. The predicted molar refractivity (Wildman–Crippen MR) is 155 cm³/mol. The molecule has 0 atom stereocenters. The number of carbonyl (C=O) groups is 1.